The molecule has 0 heterocycles. The standard InChI is InChI=1S/C33H24F7N3O4S/c1-2-47-23-11-7-6-10-19(23)16-22(42-31(45)18-8-4-3-5-9-18)32(46)41-20-12-14-21(15-13-20)48-17-24(44)43-30-28(36)26(34)25(33(38,39)40)27(35)29(30)37/h3-16H,2,17H2,1H3,(H,41,46)(H,42,45)(H,43,44)/b22-16-. The van der Waals surface area contributed by atoms with Crippen molar-refractivity contribution in [3.63, 3.8) is 0 Å². The third-order valence-corrected chi connectivity index (χ3v) is 7.35. The molecule has 0 spiro atoms. The number of halogens is 7. The molecule has 0 atom stereocenters. The highest BCUT2D eigenvalue weighted by atomic mass is 32.2. The fraction of sp³-hybridized carbons (Fsp3) is 0.121. The molecular weight excluding hydrogens is 667 g/mol. The SMILES string of the molecule is CCOc1ccccc1/C=C(\NC(=O)c1ccccc1)C(=O)Nc1ccc(SCC(=O)Nc2c(F)c(F)c(C(F)(F)F)c(F)c2F)cc1. The lowest BCUT2D eigenvalue weighted by Gasteiger charge is -2.14. The Kier molecular flexibility index (Phi) is 11.5. The molecule has 0 bridgehead atoms. The van der Waals surface area contributed by atoms with Gasteiger partial charge in [0, 0.05) is 21.7 Å². The van der Waals surface area contributed by atoms with Crippen LogP contribution in [0.2, 0.25) is 0 Å². The van der Waals surface area contributed by atoms with Crippen molar-refractivity contribution in [3.8, 4) is 5.75 Å². The van der Waals surface area contributed by atoms with Crippen molar-refractivity contribution >= 4 is 46.9 Å². The quantitative estimate of drug-likeness (QED) is 0.0646. The van der Waals surface area contributed by atoms with Crippen molar-refractivity contribution in [1.29, 1.82) is 0 Å². The van der Waals surface area contributed by atoms with Crippen molar-refractivity contribution < 1.29 is 49.9 Å². The minimum Gasteiger partial charge on any atom is -0.493 e. The number of anilines is 2. The molecule has 4 aromatic carbocycles. The summed E-state index contributed by atoms with van der Waals surface area (Å²) in [7, 11) is 0. The van der Waals surface area contributed by atoms with Crippen LogP contribution in [0, 0.1) is 23.3 Å². The first kappa shape index (κ1) is 35.5. The maximum absolute atomic E-state index is 14.1. The Hall–Kier alpha value is -5.31. The molecule has 0 aliphatic rings. The Bertz CT molecular complexity index is 1820. The van der Waals surface area contributed by atoms with Crippen LogP contribution in [0.25, 0.3) is 6.08 Å². The van der Waals surface area contributed by atoms with Gasteiger partial charge in [0.2, 0.25) is 5.91 Å². The van der Waals surface area contributed by atoms with E-state index in [0.29, 0.717) is 28.4 Å². The third-order valence-electron chi connectivity index (χ3n) is 6.34. The number of para-hydroxylation sites is 1. The highest BCUT2D eigenvalue weighted by Gasteiger charge is 2.42. The van der Waals surface area contributed by atoms with E-state index in [-0.39, 0.29) is 11.4 Å². The summed E-state index contributed by atoms with van der Waals surface area (Å²) in [5.41, 5.74) is -3.47. The van der Waals surface area contributed by atoms with Crippen molar-refractivity contribution in [1.82, 2.24) is 5.32 Å². The van der Waals surface area contributed by atoms with Gasteiger partial charge in [0.1, 0.15) is 22.7 Å². The Morgan fingerprint density at radius 1 is 0.792 bits per heavy atom. The first-order valence-electron chi connectivity index (χ1n) is 13.9. The number of ether oxygens (including phenoxy) is 1. The number of nitrogens with one attached hydrogen (secondary N) is 3. The molecule has 7 nitrogen and oxygen atoms in total. The Morgan fingerprint density at radius 2 is 1.40 bits per heavy atom. The minimum atomic E-state index is -5.72. The van der Waals surface area contributed by atoms with Crippen LogP contribution in [0.15, 0.2) is 89.5 Å². The third kappa shape index (κ3) is 8.73. The average Bonchev–Trinajstić information content (AvgIpc) is 3.06. The van der Waals surface area contributed by atoms with Crippen molar-refractivity contribution in [3.05, 3.63) is 125 Å². The van der Waals surface area contributed by atoms with E-state index in [1.807, 2.05) is 0 Å². The molecule has 3 amide bonds. The van der Waals surface area contributed by atoms with E-state index in [4.69, 9.17) is 4.74 Å². The van der Waals surface area contributed by atoms with E-state index < -0.39 is 64.2 Å². The summed E-state index contributed by atoms with van der Waals surface area (Å²) in [5.74, 6) is -12.7. The summed E-state index contributed by atoms with van der Waals surface area (Å²) in [6, 6.07) is 20.9. The molecule has 0 radical (unpaired) electrons. The molecule has 0 aliphatic carbocycles. The van der Waals surface area contributed by atoms with Crippen LogP contribution in [0.3, 0.4) is 0 Å². The van der Waals surface area contributed by atoms with Gasteiger partial charge in [0.15, 0.2) is 23.3 Å². The average molecular weight is 692 g/mol. The molecule has 0 aromatic heterocycles. The summed E-state index contributed by atoms with van der Waals surface area (Å²) in [6.07, 6.45) is -4.27. The molecule has 0 fully saturated rings. The van der Waals surface area contributed by atoms with E-state index in [1.54, 1.807) is 66.8 Å². The molecule has 0 saturated heterocycles. The van der Waals surface area contributed by atoms with E-state index in [2.05, 4.69) is 10.6 Å². The number of amides is 3. The fourth-order valence-electron chi connectivity index (χ4n) is 4.13. The monoisotopic (exact) mass is 691 g/mol. The number of carbonyl (C=O) groups is 3. The molecule has 15 heteroatoms. The van der Waals surface area contributed by atoms with Gasteiger partial charge in [-0.1, -0.05) is 36.4 Å². The predicted molar refractivity (Wildman–Crippen MR) is 165 cm³/mol. The van der Waals surface area contributed by atoms with Crippen LogP contribution in [-0.4, -0.2) is 30.1 Å². The molecular formula is C33H24F7N3O4S. The number of carbonyl (C=O) groups excluding carboxylic acids is 3. The van der Waals surface area contributed by atoms with Crippen LogP contribution in [0.1, 0.15) is 28.4 Å². The van der Waals surface area contributed by atoms with Gasteiger partial charge >= 0.3 is 6.18 Å². The second kappa shape index (κ2) is 15.5. The zero-order valence-corrected chi connectivity index (χ0v) is 25.5. The number of benzene rings is 4. The molecule has 4 aromatic rings. The molecule has 0 aliphatic heterocycles. The fourth-order valence-corrected chi connectivity index (χ4v) is 4.83. The number of hydrogen-bond acceptors (Lipinski definition) is 5. The molecule has 0 unspecified atom stereocenters. The van der Waals surface area contributed by atoms with Gasteiger partial charge in [-0.05, 0) is 55.5 Å². The number of rotatable bonds is 11. The van der Waals surface area contributed by atoms with Crippen LogP contribution in [-0.2, 0) is 15.8 Å². The summed E-state index contributed by atoms with van der Waals surface area (Å²) in [6.45, 7) is 2.15. The van der Waals surface area contributed by atoms with E-state index in [1.165, 1.54) is 30.3 Å². The first-order valence-corrected chi connectivity index (χ1v) is 14.9. The van der Waals surface area contributed by atoms with E-state index in [9.17, 15) is 45.1 Å². The highest BCUT2D eigenvalue weighted by Crippen LogP contribution is 2.38. The summed E-state index contributed by atoms with van der Waals surface area (Å²) < 4.78 is 100.0. The lowest BCUT2D eigenvalue weighted by atomic mass is 10.1. The number of thioether (sulfide) groups is 1. The van der Waals surface area contributed by atoms with Crippen molar-refractivity contribution in [2.24, 2.45) is 0 Å². The molecule has 4 rings (SSSR count). The van der Waals surface area contributed by atoms with Gasteiger partial charge in [0.05, 0.1) is 12.4 Å². The minimum absolute atomic E-state index is 0.110. The predicted octanol–water partition coefficient (Wildman–Crippen LogP) is 7.80. The van der Waals surface area contributed by atoms with Crippen LogP contribution in [0.5, 0.6) is 5.75 Å². The highest BCUT2D eigenvalue weighted by molar-refractivity contribution is 8.00. The topological polar surface area (TPSA) is 96.5 Å². The Morgan fingerprint density at radius 3 is 2.00 bits per heavy atom. The molecule has 0 saturated carbocycles. The zero-order valence-electron chi connectivity index (χ0n) is 24.7. The smallest absolute Gasteiger partial charge is 0.422 e. The van der Waals surface area contributed by atoms with Crippen molar-refractivity contribution in [2.45, 2.75) is 18.0 Å². The normalized spacial score (nSPS) is 11.5. The van der Waals surface area contributed by atoms with Gasteiger partial charge in [0.25, 0.3) is 11.8 Å². The lowest BCUT2D eigenvalue weighted by Crippen LogP contribution is -2.30. The van der Waals surface area contributed by atoms with E-state index in [0.717, 1.165) is 11.8 Å². The van der Waals surface area contributed by atoms with Gasteiger partial charge in [-0.2, -0.15) is 13.2 Å². The Labute approximate surface area is 273 Å². The summed E-state index contributed by atoms with van der Waals surface area (Å²) in [5, 5.41) is 6.81. The summed E-state index contributed by atoms with van der Waals surface area (Å²) >= 11 is 0.804. The Balaban J connectivity index is 1.45. The van der Waals surface area contributed by atoms with E-state index >= 15 is 0 Å². The van der Waals surface area contributed by atoms with Crippen molar-refractivity contribution in [2.75, 3.05) is 23.0 Å². The number of alkyl halides is 3. The van der Waals surface area contributed by atoms with Gasteiger partial charge < -0.3 is 20.7 Å². The maximum Gasteiger partial charge on any atom is 0.422 e. The van der Waals surface area contributed by atoms with Crippen LogP contribution < -0.4 is 20.7 Å². The first-order chi connectivity index (χ1) is 22.8. The van der Waals surface area contributed by atoms with Gasteiger partial charge in [-0.15, -0.1) is 11.8 Å². The molecule has 3 N–H and O–H groups in total. The lowest BCUT2D eigenvalue weighted by molar-refractivity contribution is -0.143. The molecule has 48 heavy (non-hydrogen) atoms. The second-order valence-corrected chi connectivity index (χ2v) is 10.7. The largest absolute Gasteiger partial charge is 0.493 e. The molecule has 250 valence electrons. The number of hydrogen-bond donors (Lipinski definition) is 3. The van der Waals surface area contributed by atoms with Gasteiger partial charge in [-0.25, -0.2) is 17.6 Å². The maximum atomic E-state index is 14.1. The zero-order chi connectivity index (χ0) is 35.0. The van der Waals surface area contributed by atoms with Gasteiger partial charge in [-0.3, -0.25) is 14.4 Å². The summed E-state index contributed by atoms with van der Waals surface area (Å²) in [4.78, 5) is 38.9. The second-order valence-electron chi connectivity index (χ2n) is 9.67. The van der Waals surface area contributed by atoms with Crippen LogP contribution >= 0.6 is 11.8 Å². The van der Waals surface area contributed by atoms with Crippen LogP contribution in [0.4, 0.5) is 42.1 Å².